The van der Waals surface area contributed by atoms with E-state index in [4.69, 9.17) is 5.11 Å². The van der Waals surface area contributed by atoms with Gasteiger partial charge < -0.3 is 14.9 Å². The lowest BCUT2D eigenvalue weighted by Crippen LogP contribution is -2.50. The van der Waals surface area contributed by atoms with Crippen molar-refractivity contribution in [3.8, 4) is 0 Å². The molecular weight excluding hydrogens is 296 g/mol. The molecule has 1 N–H and O–H groups in total. The highest BCUT2D eigenvalue weighted by Crippen LogP contribution is 2.25. The maximum atomic E-state index is 11.1. The Balaban J connectivity index is 2.25. The third-order valence-electron chi connectivity index (χ3n) is 3.45. The van der Waals surface area contributed by atoms with Crippen LogP contribution in [0.5, 0.6) is 0 Å². The van der Waals surface area contributed by atoms with E-state index in [9.17, 15) is 4.79 Å². The molecule has 1 aromatic carbocycles. The van der Waals surface area contributed by atoms with Gasteiger partial charge in [-0.3, -0.25) is 0 Å². The van der Waals surface area contributed by atoms with Crippen molar-refractivity contribution in [1.29, 1.82) is 0 Å². The number of hydrogen-bond acceptors (Lipinski definition) is 3. The first-order valence-electron chi connectivity index (χ1n) is 5.96. The van der Waals surface area contributed by atoms with E-state index >= 15 is 0 Å². The van der Waals surface area contributed by atoms with Gasteiger partial charge in [0.1, 0.15) is 0 Å². The Morgan fingerprint density at radius 1 is 1.39 bits per heavy atom. The molecule has 0 spiro atoms. The van der Waals surface area contributed by atoms with Crippen LogP contribution in [0.3, 0.4) is 0 Å². The van der Waals surface area contributed by atoms with Gasteiger partial charge in [-0.05, 0) is 32.2 Å². The van der Waals surface area contributed by atoms with Crippen molar-refractivity contribution < 1.29 is 9.90 Å². The molecule has 18 heavy (non-hydrogen) atoms. The molecule has 1 fully saturated rings. The summed E-state index contributed by atoms with van der Waals surface area (Å²) in [4.78, 5) is 15.6. The third kappa shape index (κ3) is 2.84. The standard InChI is InChI=1S/C13H17BrN2O2/c1-9-8-16(4-3-15(9)2)12-6-10(13(17)18)5-11(14)7-12/h5-7,9H,3-4,8H2,1-2H3,(H,17,18). The van der Waals surface area contributed by atoms with E-state index in [1.807, 2.05) is 6.07 Å². The van der Waals surface area contributed by atoms with E-state index in [-0.39, 0.29) is 0 Å². The smallest absolute Gasteiger partial charge is 0.335 e. The number of anilines is 1. The van der Waals surface area contributed by atoms with Crippen LogP contribution in [0.4, 0.5) is 5.69 Å². The highest BCUT2D eigenvalue weighted by Gasteiger charge is 2.21. The topological polar surface area (TPSA) is 43.8 Å². The van der Waals surface area contributed by atoms with Crippen molar-refractivity contribution in [2.24, 2.45) is 0 Å². The Kier molecular flexibility index (Phi) is 3.92. The van der Waals surface area contributed by atoms with Crippen molar-refractivity contribution in [3.63, 3.8) is 0 Å². The lowest BCUT2D eigenvalue weighted by atomic mass is 10.1. The van der Waals surface area contributed by atoms with Crippen LogP contribution in [0.2, 0.25) is 0 Å². The molecule has 1 unspecified atom stereocenters. The SMILES string of the molecule is CC1CN(c2cc(Br)cc(C(=O)O)c2)CCN1C. The van der Waals surface area contributed by atoms with Crippen LogP contribution in [0, 0.1) is 0 Å². The summed E-state index contributed by atoms with van der Waals surface area (Å²) in [6, 6.07) is 5.83. The number of likely N-dealkylation sites (N-methyl/N-ethyl adjacent to an activating group) is 1. The Hall–Kier alpha value is -1.07. The van der Waals surface area contributed by atoms with E-state index in [0.717, 1.165) is 29.8 Å². The maximum absolute atomic E-state index is 11.1. The average Bonchev–Trinajstić information content (AvgIpc) is 2.31. The minimum absolute atomic E-state index is 0.325. The number of piperazine rings is 1. The van der Waals surface area contributed by atoms with Crippen LogP contribution in [-0.2, 0) is 0 Å². The van der Waals surface area contributed by atoms with Crippen LogP contribution >= 0.6 is 15.9 Å². The quantitative estimate of drug-likeness (QED) is 0.910. The normalized spacial score (nSPS) is 21.1. The van der Waals surface area contributed by atoms with E-state index in [1.54, 1.807) is 12.1 Å². The number of benzene rings is 1. The minimum Gasteiger partial charge on any atom is -0.478 e. The number of rotatable bonds is 2. The summed E-state index contributed by atoms with van der Waals surface area (Å²) < 4.78 is 0.809. The number of hydrogen-bond donors (Lipinski definition) is 1. The van der Waals surface area contributed by atoms with Crippen LogP contribution in [0.1, 0.15) is 17.3 Å². The largest absolute Gasteiger partial charge is 0.478 e. The zero-order valence-corrected chi connectivity index (χ0v) is 12.1. The molecule has 0 saturated carbocycles. The van der Waals surface area contributed by atoms with E-state index in [0.29, 0.717) is 11.6 Å². The third-order valence-corrected chi connectivity index (χ3v) is 3.91. The molecule has 5 heteroatoms. The zero-order valence-electron chi connectivity index (χ0n) is 10.6. The second-order valence-electron chi connectivity index (χ2n) is 4.78. The molecule has 4 nitrogen and oxygen atoms in total. The summed E-state index contributed by atoms with van der Waals surface area (Å²) in [7, 11) is 2.12. The van der Waals surface area contributed by atoms with E-state index in [1.165, 1.54) is 0 Å². The molecule has 98 valence electrons. The molecule has 0 aromatic heterocycles. The second-order valence-corrected chi connectivity index (χ2v) is 5.69. The molecule has 1 aromatic rings. The number of carboxylic acid groups (broad SMARTS) is 1. The van der Waals surface area contributed by atoms with Crippen LogP contribution in [-0.4, -0.2) is 48.7 Å². The number of nitrogens with zero attached hydrogens (tertiary/aromatic N) is 2. The Labute approximate surface area is 115 Å². The number of carboxylic acids is 1. The van der Waals surface area contributed by atoms with Crippen LogP contribution in [0.15, 0.2) is 22.7 Å². The van der Waals surface area contributed by atoms with Crippen molar-refractivity contribution >= 4 is 27.6 Å². The first-order valence-corrected chi connectivity index (χ1v) is 6.76. The van der Waals surface area contributed by atoms with Gasteiger partial charge in [-0.25, -0.2) is 4.79 Å². The molecule has 0 bridgehead atoms. The molecular formula is C13H17BrN2O2. The molecule has 1 saturated heterocycles. The van der Waals surface area contributed by atoms with Crippen LogP contribution in [0.25, 0.3) is 0 Å². The van der Waals surface area contributed by atoms with E-state index in [2.05, 4.69) is 39.7 Å². The van der Waals surface area contributed by atoms with Crippen LogP contribution < -0.4 is 4.90 Å². The number of halogens is 1. The van der Waals surface area contributed by atoms with Gasteiger partial charge in [-0.2, -0.15) is 0 Å². The Morgan fingerprint density at radius 2 is 2.11 bits per heavy atom. The van der Waals surface area contributed by atoms with Gasteiger partial charge in [0.25, 0.3) is 0 Å². The van der Waals surface area contributed by atoms with Gasteiger partial charge in [-0.15, -0.1) is 0 Å². The molecule has 1 aliphatic heterocycles. The van der Waals surface area contributed by atoms with Crippen molar-refractivity contribution in [2.75, 3.05) is 31.6 Å². The Morgan fingerprint density at radius 3 is 2.72 bits per heavy atom. The maximum Gasteiger partial charge on any atom is 0.335 e. The molecule has 2 rings (SSSR count). The lowest BCUT2D eigenvalue weighted by Gasteiger charge is -2.39. The molecule has 1 heterocycles. The fraction of sp³-hybridized carbons (Fsp3) is 0.462. The highest BCUT2D eigenvalue weighted by molar-refractivity contribution is 9.10. The Bertz CT molecular complexity index is 464. The summed E-state index contributed by atoms with van der Waals surface area (Å²) in [5.74, 6) is -0.889. The predicted molar refractivity (Wildman–Crippen MR) is 75.4 cm³/mol. The van der Waals surface area contributed by atoms with Crippen molar-refractivity contribution in [3.05, 3.63) is 28.2 Å². The lowest BCUT2D eigenvalue weighted by molar-refractivity contribution is 0.0697. The summed E-state index contributed by atoms with van der Waals surface area (Å²) >= 11 is 3.37. The predicted octanol–water partition coefficient (Wildman–Crippen LogP) is 2.29. The highest BCUT2D eigenvalue weighted by atomic mass is 79.9. The second kappa shape index (κ2) is 5.28. The minimum atomic E-state index is -0.889. The summed E-state index contributed by atoms with van der Waals surface area (Å²) in [6.07, 6.45) is 0. The molecule has 0 aliphatic carbocycles. The summed E-state index contributed by atoms with van der Waals surface area (Å²) in [5, 5.41) is 9.08. The molecule has 0 radical (unpaired) electrons. The summed E-state index contributed by atoms with van der Waals surface area (Å²) in [6.45, 7) is 5.03. The van der Waals surface area contributed by atoms with Gasteiger partial charge >= 0.3 is 5.97 Å². The number of carbonyl (C=O) groups is 1. The summed E-state index contributed by atoms with van der Waals surface area (Å²) in [5.41, 5.74) is 1.30. The van der Waals surface area contributed by atoms with Crippen molar-refractivity contribution in [1.82, 2.24) is 4.90 Å². The average molecular weight is 313 g/mol. The van der Waals surface area contributed by atoms with Gasteiger partial charge in [0.2, 0.25) is 0 Å². The molecule has 1 atom stereocenters. The van der Waals surface area contributed by atoms with E-state index < -0.39 is 5.97 Å². The van der Waals surface area contributed by atoms with Crippen molar-refractivity contribution in [2.45, 2.75) is 13.0 Å². The van der Waals surface area contributed by atoms with Gasteiger partial charge in [0.05, 0.1) is 5.56 Å². The first kappa shape index (κ1) is 13.4. The van der Waals surface area contributed by atoms with Gasteiger partial charge in [0, 0.05) is 35.8 Å². The fourth-order valence-electron chi connectivity index (χ4n) is 2.16. The molecule has 1 aliphatic rings. The fourth-order valence-corrected chi connectivity index (χ4v) is 2.64. The monoisotopic (exact) mass is 312 g/mol. The zero-order chi connectivity index (χ0) is 13.3. The first-order chi connectivity index (χ1) is 8.47. The number of aromatic carboxylic acids is 1. The molecule has 0 amide bonds. The van der Waals surface area contributed by atoms with Gasteiger partial charge in [0.15, 0.2) is 0 Å². The van der Waals surface area contributed by atoms with Gasteiger partial charge in [-0.1, -0.05) is 15.9 Å².